The normalized spacial score (nSPS) is 29.6. The van der Waals surface area contributed by atoms with Gasteiger partial charge in [-0.05, 0) is 32.1 Å². The van der Waals surface area contributed by atoms with Crippen LogP contribution in [0, 0.1) is 0 Å². The third-order valence-corrected chi connectivity index (χ3v) is 3.19. The molecular formula is C10H18N2O2. The number of hydrogen-bond acceptors (Lipinski definition) is 3. The Kier molecular flexibility index (Phi) is 2.74. The summed E-state index contributed by atoms with van der Waals surface area (Å²) in [5.74, 6) is 0.0132. The molecule has 2 fully saturated rings. The van der Waals surface area contributed by atoms with E-state index in [1.54, 1.807) is 0 Å². The second kappa shape index (κ2) is 3.87. The molecule has 2 rings (SSSR count). The van der Waals surface area contributed by atoms with Gasteiger partial charge in [-0.15, -0.1) is 0 Å². The maximum atomic E-state index is 11.5. The highest BCUT2D eigenvalue weighted by molar-refractivity contribution is 5.81. The van der Waals surface area contributed by atoms with Gasteiger partial charge in [-0.2, -0.15) is 0 Å². The summed E-state index contributed by atoms with van der Waals surface area (Å²) in [6.45, 7) is 1.32. The molecule has 4 heteroatoms. The first-order valence-electron chi connectivity index (χ1n) is 5.38. The first-order chi connectivity index (χ1) is 6.70. The van der Waals surface area contributed by atoms with Crippen molar-refractivity contribution in [2.45, 2.75) is 43.7 Å². The van der Waals surface area contributed by atoms with Crippen LogP contribution in [0.15, 0.2) is 0 Å². The van der Waals surface area contributed by atoms with Gasteiger partial charge in [0.1, 0.15) is 6.10 Å². The van der Waals surface area contributed by atoms with Gasteiger partial charge < -0.3 is 15.8 Å². The molecule has 80 valence electrons. The lowest BCUT2D eigenvalue weighted by Crippen LogP contribution is -2.56. The van der Waals surface area contributed by atoms with E-state index >= 15 is 0 Å². The van der Waals surface area contributed by atoms with Crippen LogP contribution in [-0.4, -0.2) is 30.7 Å². The molecule has 0 aromatic rings. The van der Waals surface area contributed by atoms with E-state index < -0.39 is 0 Å². The molecule has 1 heterocycles. The standard InChI is InChI=1S/C10H18N2O2/c11-10(4-2-5-10)7-12-9(13)8-3-1-6-14-8/h8H,1-7,11H2,(H,12,13). The largest absolute Gasteiger partial charge is 0.368 e. The van der Waals surface area contributed by atoms with E-state index in [9.17, 15) is 4.79 Å². The number of carbonyl (C=O) groups is 1. The summed E-state index contributed by atoms with van der Waals surface area (Å²) in [5, 5.41) is 2.88. The molecular weight excluding hydrogens is 180 g/mol. The fraction of sp³-hybridized carbons (Fsp3) is 0.900. The molecule has 1 saturated carbocycles. The SMILES string of the molecule is NC1(CNC(=O)C2CCCO2)CCC1. The van der Waals surface area contributed by atoms with Crippen LogP contribution in [0.25, 0.3) is 0 Å². The summed E-state index contributed by atoms with van der Waals surface area (Å²) in [7, 11) is 0. The smallest absolute Gasteiger partial charge is 0.249 e. The Balaban J connectivity index is 1.71. The van der Waals surface area contributed by atoms with Crippen molar-refractivity contribution in [1.29, 1.82) is 0 Å². The van der Waals surface area contributed by atoms with Gasteiger partial charge in [-0.1, -0.05) is 0 Å². The monoisotopic (exact) mass is 198 g/mol. The van der Waals surface area contributed by atoms with Crippen LogP contribution in [0.2, 0.25) is 0 Å². The third-order valence-electron chi connectivity index (χ3n) is 3.19. The van der Waals surface area contributed by atoms with Crippen molar-refractivity contribution in [3.63, 3.8) is 0 Å². The second-order valence-electron chi connectivity index (χ2n) is 4.44. The zero-order valence-corrected chi connectivity index (χ0v) is 8.42. The van der Waals surface area contributed by atoms with Gasteiger partial charge in [-0.3, -0.25) is 4.79 Å². The molecule has 1 unspecified atom stereocenters. The minimum Gasteiger partial charge on any atom is -0.368 e. The molecule has 0 spiro atoms. The van der Waals surface area contributed by atoms with E-state index in [2.05, 4.69) is 5.32 Å². The van der Waals surface area contributed by atoms with Crippen molar-refractivity contribution in [1.82, 2.24) is 5.32 Å². The Morgan fingerprint density at radius 1 is 1.50 bits per heavy atom. The Labute approximate surface area is 84.2 Å². The van der Waals surface area contributed by atoms with Crippen LogP contribution in [0.3, 0.4) is 0 Å². The van der Waals surface area contributed by atoms with Crippen LogP contribution in [0.5, 0.6) is 0 Å². The zero-order valence-electron chi connectivity index (χ0n) is 8.42. The predicted octanol–water partition coefficient (Wildman–Crippen LogP) is 0.163. The highest BCUT2D eigenvalue weighted by Crippen LogP contribution is 2.28. The summed E-state index contributed by atoms with van der Waals surface area (Å²) >= 11 is 0. The maximum absolute atomic E-state index is 11.5. The van der Waals surface area contributed by atoms with Gasteiger partial charge in [0, 0.05) is 18.7 Å². The fourth-order valence-electron chi connectivity index (χ4n) is 1.97. The third kappa shape index (κ3) is 2.07. The fourth-order valence-corrected chi connectivity index (χ4v) is 1.97. The van der Waals surface area contributed by atoms with Gasteiger partial charge in [0.05, 0.1) is 0 Å². The molecule has 14 heavy (non-hydrogen) atoms. The molecule has 1 saturated heterocycles. The van der Waals surface area contributed by atoms with Crippen LogP contribution < -0.4 is 11.1 Å². The average Bonchev–Trinajstić information content (AvgIpc) is 2.63. The number of amides is 1. The molecule has 0 aromatic heterocycles. The van der Waals surface area contributed by atoms with E-state index in [-0.39, 0.29) is 17.6 Å². The summed E-state index contributed by atoms with van der Waals surface area (Å²) < 4.78 is 5.28. The molecule has 0 aromatic carbocycles. The second-order valence-corrected chi connectivity index (χ2v) is 4.44. The van der Waals surface area contributed by atoms with Crippen molar-refractivity contribution in [2.24, 2.45) is 5.73 Å². The molecule has 1 atom stereocenters. The minimum absolute atomic E-state index is 0.0132. The van der Waals surface area contributed by atoms with Crippen molar-refractivity contribution < 1.29 is 9.53 Å². The number of nitrogens with one attached hydrogen (secondary N) is 1. The zero-order chi connectivity index (χ0) is 10.0. The first kappa shape index (κ1) is 9.93. The molecule has 3 N–H and O–H groups in total. The first-order valence-corrected chi connectivity index (χ1v) is 5.38. The van der Waals surface area contributed by atoms with Crippen LogP contribution in [0.1, 0.15) is 32.1 Å². The quantitative estimate of drug-likeness (QED) is 0.679. The lowest BCUT2D eigenvalue weighted by molar-refractivity contribution is -0.130. The lowest BCUT2D eigenvalue weighted by Gasteiger charge is -2.38. The van der Waals surface area contributed by atoms with E-state index in [1.165, 1.54) is 6.42 Å². The summed E-state index contributed by atoms with van der Waals surface area (Å²) in [5.41, 5.74) is 5.86. The van der Waals surface area contributed by atoms with Crippen LogP contribution >= 0.6 is 0 Å². The summed E-state index contributed by atoms with van der Waals surface area (Å²) in [4.78, 5) is 11.5. The molecule has 0 bridgehead atoms. The molecule has 1 aliphatic heterocycles. The van der Waals surface area contributed by atoms with Crippen LogP contribution in [-0.2, 0) is 9.53 Å². The molecule has 1 amide bonds. The molecule has 0 radical (unpaired) electrons. The van der Waals surface area contributed by atoms with E-state index in [4.69, 9.17) is 10.5 Å². The number of ether oxygens (including phenoxy) is 1. The van der Waals surface area contributed by atoms with E-state index in [0.717, 1.165) is 25.7 Å². The van der Waals surface area contributed by atoms with Crippen molar-refractivity contribution in [3.05, 3.63) is 0 Å². The van der Waals surface area contributed by atoms with Crippen molar-refractivity contribution >= 4 is 5.91 Å². The van der Waals surface area contributed by atoms with Crippen molar-refractivity contribution in [2.75, 3.05) is 13.2 Å². The highest BCUT2D eigenvalue weighted by atomic mass is 16.5. The van der Waals surface area contributed by atoms with E-state index in [0.29, 0.717) is 13.2 Å². The average molecular weight is 198 g/mol. The minimum atomic E-state index is -0.223. The number of nitrogens with two attached hydrogens (primary N) is 1. The molecule has 1 aliphatic carbocycles. The number of hydrogen-bond donors (Lipinski definition) is 2. The topological polar surface area (TPSA) is 64.3 Å². The Bertz CT molecular complexity index is 220. The Hall–Kier alpha value is -0.610. The summed E-state index contributed by atoms with van der Waals surface area (Å²) in [6, 6.07) is 0. The Morgan fingerprint density at radius 3 is 2.79 bits per heavy atom. The van der Waals surface area contributed by atoms with Crippen molar-refractivity contribution in [3.8, 4) is 0 Å². The number of carbonyl (C=O) groups excluding carboxylic acids is 1. The highest BCUT2D eigenvalue weighted by Gasteiger charge is 2.33. The van der Waals surface area contributed by atoms with Gasteiger partial charge in [-0.25, -0.2) is 0 Å². The summed E-state index contributed by atoms with van der Waals surface area (Å²) in [6.07, 6.45) is 4.86. The maximum Gasteiger partial charge on any atom is 0.249 e. The number of rotatable bonds is 3. The predicted molar refractivity (Wildman–Crippen MR) is 52.8 cm³/mol. The van der Waals surface area contributed by atoms with E-state index in [1.807, 2.05) is 0 Å². The molecule has 2 aliphatic rings. The lowest BCUT2D eigenvalue weighted by atomic mass is 9.78. The Morgan fingerprint density at radius 2 is 2.29 bits per heavy atom. The van der Waals surface area contributed by atoms with Gasteiger partial charge in [0.15, 0.2) is 0 Å². The van der Waals surface area contributed by atoms with Gasteiger partial charge in [0.2, 0.25) is 5.91 Å². The van der Waals surface area contributed by atoms with Gasteiger partial charge in [0.25, 0.3) is 0 Å². The van der Waals surface area contributed by atoms with Crippen LogP contribution in [0.4, 0.5) is 0 Å². The molecule has 4 nitrogen and oxygen atoms in total. The van der Waals surface area contributed by atoms with Gasteiger partial charge >= 0.3 is 0 Å².